The molecule has 0 aromatic heterocycles. The summed E-state index contributed by atoms with van der Waals surface area (Å²) in [6, 6.07) is 0. The molecule has 0 aromatic carbocycles. The average molecular weight is 154 g/mol. The third kappa shape index (κ3) is 17.9. The van der Waals surface area contributed by atoms with Gasteiger partial charge in [0.15, 0.2) is 0 Å². The van der Waals surface area contributed by atoms with Crippen molar-refractivity contribution >= 4 is 49.9 Å². The van der Waals surface area contributed by atoms with Crippen LogP contribution >= 0.6 is 12.2 Å². The van der Waals surface area contributed by atoms with E-state index in [-0.39, 0.29) is 37.7 Å². The van der Waals surface area contributed by atoms with Gasteiger partial charge < -0.3 is 35.2 Å². The first-order valence-electron chi connectivity index (χ1n) is 0.779. The topological polar surface area (TPSA) is 0 Å². The molecule has 0 atom stereocenters. The second-order valence-electron chi connectivity index (χ2n) is 0.333. The summed E-state index contributed by atoms with van der Waals surface area (Å²) in [5.41, 5.74) is 0. The summed E-state index contributed by atoms with van der Waals surface area (Å²) in [6.45, 7) is 0. The molecule has 0 aliphatic rings. The van der Waals surface area contributed by atoms with Crippen LogP contribution in [0.5, 0.6) is 0 Å². The Balaban J connectivity index is -0.0000000800. The summed E-state index contributed by atoms with van der Waals surface area (Å²) in [7, 11) is 1.01. The van der Waals surface area contributed by atoms with Gasteiger partial charge >= 0.3 is 37.7 Å². The minimum Gasteiger partial charge on any atom is -0.524 e. The summed E-state index contributed by atoms with van der Waals surface area (Å²) in [6.07, 6.45) is 0. The third-order valence-corrected chi connectivity index (χ3v) is 1.84. The fraction of sp³-hybridized carbons (Fsp3) is 0. The molecule has 0 fully saturated rings. The van der Waals surface area contributed by atoms with Crippen LogP contribution in [-0.2, 0) is 34.1 Å². The molecule has 0 N–H and O–H groups in total. The van der Waals surface area contributed by atoms with Crippen LogP contribution in [-0.4, -0.2) is 3.53 Å². The van der Waals surface area contributed by atoms with Crippen molar-refractivity contribution in [3.8, 4) is 0 Å². The molecule has 0 spiro atoms. The van der Waals surface area contributed by atoms with Gasteiger partial charge in [0.1, 0.15) is 0 Å². The molecule has 0 heterocycles. The molecule has 7 heavy (non-hydrogen) atoms. The van der Waals surface area contributed by atoms with Gasteiger partial charge in [0.05, 0.1) is 0 Å². The van der Waals surface area contributed by atoms with Gasteiger partial charge in [-0.3, -0.25) is 14.7 Å². The van der Waals surface area contributed by atoms with Gasteiger partial charge in [-0.05, 0) is 0 Å². The van der Waals surface area contributed by atoms with Crippen LogP contribution in [0.25, 0.3) is 0 Å². The normalized spacial score (nSPS) is 5.14. The molecule has 0 radical (unpaired) electrons. The molecule has 0 saturated heterocycles. The molecular weight excluding hydrogens is 154 g/mol. The van der Waals surface area contributed by atoms with Crippen molar-refractivity contribution in [2.45, 2.75) is 0 Å². The zero-order valence-electron chi connectivity index (χ0n) is 4.13. The molecule has 6 heteroatoms. The van der Waals surface area contributed by atoms with Crippen molar-refractivity contribution in [2.75, 3.05) is 0 Å². The summed E-state index contributed by atoms with van der Waals surface area (Å²) in [4.78, 5) is 0. The van der Waals surface area contributed by atoms with Crippen LogP contribution < -0.4 is 37.7 Å². The van der Waals surface area contributed by atoms with Crippen molar-refractivity contribution in [1.29, 1.82) is 0 Å². The Morgan fingerprint density at radius 1 is 1.43 bits per heavy atom. The van der Waals surface area contributed by atoms with Crippen LogP contribution in [0.1, 0.15) is 0 Å². The van der Waals surface area contributed by atoms with Crippen LogP contribution in [0.4, 0.5) is 0 Å². The molecule has 0 amide bonds. The van der Waals surface area contributed by atoms with E-state index in [0.717, 1.165) is 10.3 Å². The van der Waals surface area contributed by atoms with Crippen LogP contribution in [0.15, 0.2) is 0 Å². The van der Waals surface area contributed by atoms with Gasteiger partial charge in [0, 0.05) is 0 Å². The standard InChI is InChI=1S/CHS4.2Li/c2-1(3)5-4;;/h(H,2,3);;/q-1;2*+1/p-1. The van der Waals surface area contributed by atoms with Gasteiger partial charge in [0.25, 0.3) is 0 Å². The predicted molar refractivity (Wildman–Crippen MR) is 34.7 cm³/mol. The van der Waals surface area contributed by atoms with E-state index >= 15 is 0 Å². The van der Waals surface area contributed by atoms with Crippen molar-refractivity contribution in [3.63, 3.8) is 0 Å². The zero-order valence-corrected chi connectivity index (χ0v) is 7.40. The van der Waals surface area contributed by atoms with Crippen molar-refractivity contribution < 1.29 is 37.7 Å². The average Bonchev–Trinajstić information content (AvgIpc) is 1.38. The van der Waals surface area contributed by atoms with Gasteiger partial charge in [-0.25, -0.2) is 0 Å². The number of hydrogen-bond donors (Lipinski definition) is 0. The maximum Gasteiger partial charge on any atom is 1.00 e. The van der Waals surface area contributed by atoms with E-state index in [4.69, 9.17) is 0 Å². The Bertz CT molecular complexity index is 60.7. The van der Waals surface area contributed by atoms with Gasteiger partial charge in [0.2, 0.25) is 0 Å². The molecule has 0 aliphatic heterocycles. The van der Waals surface area contributed by atoms with Gasteiger partial charge in [-0.15, -0.1) is 0 Å². The fourth-order valence-corrected chi connectivity index (χ4v) is 0. The van der Waals surface area contributed by atoms with Crippen molar-refractivity contribution in [2.24, 2.45) is 0 Å². The Morgan fingerprint density at radius 3 is 1.57 bits per heavy atom. The van der Waals surface area contributed by atoms with Crippen molar-refractivity contribution in [1.82, 2.24) is 0 Å². The van der Waals surface area contributed by atoms with Crippen molar-refractivity contribution in [3.05, 3.63) is 0 Å². The Hall–Kier alpha value is 2.07. The van der Waals surface area contributed by atoms with E-state index in [1.54, 1.807) is 0 Å². The predicted octanol–water partition coefficient (Wildman–Crippen LogP) is -5.63. The summed E-state index contributed by atoms with van der Waals surface area (Å²) < 4.78 is 0.403. The van der Waals surface area contributed by atoms with E-state index in [1.807, 2.05) is 0 Å². The Morgan fingerprint density at radius 2 is 1.57 bits per heavy atom. The van der Waals surface area contributed by atoms with E-state index in [1.165, 1.54) is 0 Å². The van der Waals surface area contributed by atoms with Crippen LogP contribution in [0.3, 0.4) is 0 Å². The first-order chi connectivity index (χ1) is 2.27. The number of thiocarbonyl (C=S) groups is 1. The minimum atomic E-state index is 0. The second kappa shape index (κ2) is 11.0. The quantitative estimate of drug-likeness (QED) is 0.194. The minimum absolute atomic E-state index is 0. The molecular formula is CLi2S4. The maximum atomic E-state index is 4.37. The molecule has 0 saturated carbocycles. The smallest absolute Gasteiger partial charge is 0.524 e. The third-order valence-electron chi connectivity index (χ3n) is 0.0680. The Kier molecular flexibility index (Phi) is 25.1. The van der Waals surface area contributed by atoms with Crippen LogP contribution in [0.2, 0.25) is 0 Å². The maximum absolute atomic E-state index is 4.37. The monoisotopic (exact) mass is 154 g/mol. The molecule has 0 rings (SSSR count). The van der Waals surface area contributed by atoms with E-state index in [2.05, 4.69) is 36.0 Å². The second-order valence-corrected chi connectivity index (χ2v) is 3.00. The summed E-state index contributed by atoms with van der Waals surface area (Å²) >= 11 is 13.1. The molecule has 30 valence electrons. The van der Waals surface area contributed by atoms with Gasteiger partial charge in [-0.1, -0.05) is 0 Å². The first-order valence-corrected chi connectivity index (χ1v) is 3.34. The SMILES string of the molecule is S=[S-]C(=S)[S-].[Li+].[Li+]. The molecule has 0 aromatic rings. The largest absolute Gasteiger partial charge is 1.00 e. The summed E-state index contributed by atoms with van der Waals surface area (Å²) in [5.74, 6) is 0. The first kappa shape index (κ1) is 16.0. The molecule has 0 unspecified atom stereocenters. The molecule has 0 bridgehead atoms. The van der Waals surface area contributed by atoms with E-state index < -0.39 is 0 Å². The zero-order chi connectivity index (χ0) is 4.28. The number of rotatable bonds is 0. The van der Waals surface area contributed by atoms with E-state index in [9.17, 15) is 0 Å². The number of hydrogen-bond acceptors (Lipinski definition) is 4. The fourth-order valence-electron chi connectivity index (χ4n) is 0. The van der Waals surface area contributed by atoms with Crippen LogP contribution in [0, 0.1) is 0 Å². The Labute approximate surface area is 86.6 Å². The summed E-state index contributed by atoms with van der Waals surface area (Å²) in [5, 5.41) is 0. The molecule has 0 aliphatic carbocycles. The molecule has 0 nitrogen and oxygen atoms in total. The van der Waals surface area contributed by atoms with E-state index in [0.29, 0.717) is 3.53 Å². The van der Waals surface area contributed by atoms with Gasteiger partial charge in [-0.2, -0.15) is 0 Å².